The lowest BCUT2D eigenvalue weighted by atomic mass is 9.91. The summed E-state index contributed by atoms with van der Waals surface area (Å²) >= 11 is 0. The van der Waals surface area contributed by atoms with Gasteiger partial charge in [0.15, 0.2) is 6.79 Å². The average molecular weight is 286 g/mol. The fourth-order valence-electron chi connectivity index (χ4n) is 1.92. The van der Waals surface area contributed by atoms with Crippen LogP contribution in [0.1, 0.15) is 32.8 Å². The van der Waals surface area contributed by atoms with Crippen LogP contribution in [-0.4, -0.2) is 12.8 Å². The zero-order valence-electron chi connectivity index (χ0n) is 12.9. The molecule has 0 saturated carbocycles. The van der Waals surface area contributed by atoms with Crippen molar-refractivity contribution >= 4 is 16.7 Å². The molecule has 112 valence electrons. The van der Waals surface area contributed by atoms with Crippen LogP contribution in [0.3, 0.4) is 0 Å². The van der Waals surface area contributed by atoms with Crippen molar-refractivity contribution in [2.75, 3.05) is 6.79 Å². The first-order valence-electron chi connectivity index (χ1n) is 7.25. The molecule has 0 aromatic heterocycles. The summed E-state index contributed by atoms with van der Waals surface area (Å²) in [5, 5.41) is 2.39. The van der Waals surface area contributed by atoms with Gasteiger partial charge in [0.05, 0.1) is 12.0 Å². The van der Waals surface area contributed by atoms with Crippen molar-refractivity contribution in [2.45, 2.75) is 33.8 Å². The molecule has 2 aromatic carbocycles. The van der Waals surface area contributed by atoms with E-state index in [9.17, 15) is 4.79 Å². The molecule has 3 heteroatoms. The van der Waals surface area contributed by atoms with Crippen molar-refractivity contribution < 1.29 is 14.3 Å². The summed E-state index contributed by atoms with van der Waals surface area (Å²) in [5.41, 5.74) is 0.617. The zero-order valence-corrected chi connectivity index (χ0v) is 12.9. The van der Waals surface area contributed by atoms with Crippen molar-refractivity contribution in [1.82, 2.24) is 0 Å². The molecule has 0 heterocycles. The van der Waals surface area contributed by atoms with E-state index in [1.54, 1.807) is 0 Å². The Morgan fingerprint density at radius 2 is 1.81 bits per heavy atom. The van der Waals surface area contributed by atoms with Gasteiger partial charge in [-0.25, -0.2) is 0 Å². The topological polar surface area (TPSA) is 35.5 Å². The molecule has 0 saturated heterocycles. The van der Waals surface area contributed by atoms with Crippen LogP contribution in [-0.2, 0) is 20.9 Å². The highest BCUT2D eigenvalue weighted by Gasteiger charge is 2.26. The standard InChI is InChI=1S/C18H22O3/c1-4-18(2,3)17(19)21-13-20-12-14-9-10-15-7-5-6-8-16(15)11-14/h5-11H,4,12-13H2,1-3H3. The second kappa shape index (κ2) is 6.72. The summed E-state index contributed by atoms with van der Waals surface area (Å²) < 4.78 is 10.6. The minimum Gasteiger partial charge on any atom is -0.438 e. The van der Waals surface area contributed by atoms with Crippen LogP contribution < -0.4 is 0 Å². The van der Waals surface area contributed by atoms with Crippen molar-refractivity contribution in [3.8, 4) is 0 Å². The molecule has 0 spiro atoms. The molecule has 0 aliphatic rings. The van der Waals surface area contributed by atoms with Gasteiger partial charge in [0.2, 0.25) is 0 Å². The zero-order chi connectivity index (χ0) is 15.3. The van der Waals surface area contributed by atoms with E-state index in [-0.39, 0.29) is 12.8 Å². The van der Waals surface area contributed by atoms with Gasteiger partial charge in [0.1, 0.15) is 0 Å². The molecule has 0 aliphatic carbocycles. The number of ether oxygens (including phenoxy) is 2. The number of benzene rings is 2. The van der Waals surface area contributed by atoms with Crippen molar-refractivity contribution in [1.29, 1.82) is 0 Å². The highest BCUT2D eigenvalue weighted by atomic mass is 16.7. The Morgan fingerprint density at radius 1 is 1.10 bits per heavy atom. The lowest BCUT2D eigenvalue weighted by molar-refractivity contribution is -0.167. The quantitative estimate of drug-likeness (QED) is 0.451. The fourth-order valence-corrected chi connectivity index (χ4v) is 1.92. The number of hydrogen-bond donors (Lipinski definition) is 0. The first-order valence-corrected chi connectivity index (χ1v) is 7.25. The molecule has 0 radical (unpaired) electrons. The summed E-state index contributed by atoms with van der Waals surface area (Å²) in [6, 6.07) is 14.4. The van der Waals surface area contributed by atoms with Crippen LogP contribution in [0, 0.1) is 5.41 Å². The predicted octanol–water partition coefficient (Wildman–Crippen LogP) is 4.29. The van der Waals surface area contributed by atoms with Crippen molar-refractivity contribution in [3.63, 3.8) is 0 Å². The van der Waals surface area contributed by atoms with Gasteiger partial charge in [-0.05, 0) is 42.7 Å². The van der Waals surface area contributed by atoms with Crippen molar-refractivity contribution in [2.24, 2.45) is 5.41 Å². The molecule has 0 amide bonds. The molecule has 2 rings (SSSR count). The first kappa shape index (κ1) is 15.5. The van der Waals surface area contributed by atoms with Gasteiger partial charge in [0.25, 0.3) is 0 Å². The number of hydrogen-bond acceptors (Lipinski definition) is 3. The van der Waals surface area contributed by atoms with E-state index in [0.29, 0.717) is 6.61 Å². The molecule has 3 nitrogen and oxygen atoms in total. The lowest BCUT2D eigenvalue weighted by Crippen LogP contribution is -2.26. The lowest BCUT2D eigenvalue weighted by Gasteiger charge is -2.20. The number of fused-ring (bicyclic) bond motifs is 1. The molecule has 0 N–H and O–H groups in total. The van der Waals surface area contributed by atoms with E-state index < -0.39 is 5.41 Å². The van der Waals surface area contributed by atoms with Crippen LogP contribution in [0.15, 0.2) is 42.5 Å². The molecule has 0 bridgehead atoms. The number of rotatable bonds is 6. The monoisotopic (exact) mass is 286 g/mol. The van der Waals surface area contributed by atoms with E-state index in [1.165, 1.54) is 10.8 Å². The van der Waals surface area contributed by atoms with E-state index in [0.717, 1.165) is 12.0 Å². The van der Waals surface area contributed by atoms with Gasteiger partial charge in [-0.2, -0.15) is 0 Å². The van der Waals surface area contributed by atoms with E-state index in [4.69, 9.17) is 9.47 Å². The largest absolute Gasteiger partial charge is 0.438 e. The third-order valence-electron chi connectivity index (χ3n) is 3.79. The summed E-state index contributed by atoms with van der Waals surface area (Å²) in [5.74, 6) is -0.219. The Bertz CT molecular complexity index is 617. The minimum absolute atomic E-state index is 0.00487. The van der Waals surface area contributed by atoms with Gasteiger partial charge in [-0.1, -0.05) is 43.3 Å². The highest BCUT2D eigenvalue weighted by Crippen LogP contribution is 2.21. The average Bonchev–Trinajstić information content (AvgIpc) is 2.51. The fraction of sp³-hybridized carbons (Fsp3) is 0.389. The summed E-state index contributed by atoms with van der Waals surface area (Å²) in [4.78, 5) is 11.8. The minimum atomic E-state index is -0.452. The van der Waals surface area contributed by atoms with Crippen LogP contribution in [0.5, 0.6) is 0 Å². The number of carbonyl (C=O) groups is 1. The third-order valence-corrected chi connectivity index (χ3v) is 3.79. The molecule has 0 aliphatic heterocycles. The summed E-state index contributed by atoms with van der Waals surface area (Å²) in [7, 11) is 0. The molecule has 0 fully saturated rings. The van der Waals surface area contributed by atoms with E-state index in [1.807, 2.05) is 39.0 Å². The highest BCUT2D eigenvalue weighted by molar-refractivity contribution is 5.82. The Kier molecular flexibility index (Phi) is 4.97. The number of carbonyl (C=O) groups excluding carboxylic acids is 1. The first-order chi connectivity index (χ1) is 10.0. The van der Waals surface area contributed by atoms with Crippen molar-refractivity contribution in [3.05, 3.63) is 48.0 Å². The van der Waals surface area contributed by atoms with Gasteiger partial charge >= 0.3 is 5.97 Å². The normalized spacial score (nSPS) is 11.6. The van der Waals surface area contributed by atoms with Gasteiger partial charge in [-0.15, -0.1) is 0 Å². The van der Waals surface area contributed by atoms with E-state index in [2.05, 4.69) is 24.3 Å². The number of esters is 1. The van der Waals surface area contributed by atoms with Gasteiger partial charge in [-0.3, -0.25) is 4.79 Å². The molecular weight excluding hydrogens is 264 g/mol. The van der Waals surface area contributed by atoms with Crippen LogP contribution in [0.4, 0.5) is 0 Å². The Morgan fingerprint density at radius 3 is 2.52 bits per heavy atom. The maximum absolute atomic E-state index is 11.8. The molecular formula is C18H22O3. The Hall–Kier alpha value is -1.87. The maximum atomic E-state index is 11.8. The molecule has 21 heavy (non-hydrogen) atoms. The SMILES string of the molecule is CCC(C)(C)C(=O)OCOCc1ccc2ccccc2c1. The predicted molar refractivity (Wildman–Crippen MR) is 83.8 cm³/mol. The smallest absolute Gasteiger partial charge is 0.313 e. The van der Waals surface area contributed by atoms with Crippen LogP contribution in [0.25, 0.3) is 10.8 Å². The van der Waals surface area contributed by atoms with Crippen LogP contribution in [0.2, 0.25) is 0 Å². The molecule has 2 aromatic rings. The summed E-state index contributed by atoms with van der Waals surface area (Å²) in [6.07, 6.45) is 0.747. The van der Waals surface area contributed by atoms with Crippen LogP contribution >= 0.6 is 0 Å². The second-order valence-electron chi connectivity index (χ2n) is 5.82. The summed E-state index contributed by atoms with van der Waals surface area (Å²) in [6.45, 7) is 6.15. The Labute approximate surface area is 125 Å². The maximum Gasteiger partial charge on any atom is 0.313 e. The van der Waals surface area contributed by atoms with Gasteiger partial charge in [0, 0.05) is 0 Å². The van der Waals surface area contributed by atoms with E-state index >= 15 is 0 Å². The Balaban J connectivity index is 1.84. The van der Waals surface area contributed by atoms with Gasteiger partial charge < -0.3 is 9.47 Å². The second-order valence-corrected chi connectivity index (χ2v) is 5.82. The molecule has 0 atom stereocenters. The molecule has 0 unspecified atom stereocenters. The third kappa shape index (κ3) is 4.05.